The van der Waals surface area contributed by atoms with E-state index in [1.807, 2.05) is 32.9 Å². The van der Waals surface area contributed by atoms with E-state index in [1.54, 1.807) is 12.4 Å². The van der Waals surface area contributed by atoms with E-state index < -0.39 is 0 Å². The summed E-state index contributed by atoms with van der Waals surface area (Å²) in [7, 11) is 0. The molecule has 1 heterocycles. The van der Waals surface area contributed by atoms with E-state index in [9.17, 15) is 4.79 Å². The molecule has 0 aliphatic carbocycles. The van der Waals surface area contributed by atoms with Crippen LogP contribution in [0.2, 0.25) is 0 Å². The first-order valence-corrected chi connectivity index (χ1v) is 5.48. The second-order valence-corrected chi connectivity index (χ2v) is 3.41. The summed E-state index contributed by atoms with van der Waals surface area (Å²) in [4.78, 5) is 15.6. The third-order valence-corrected chi connectivity index (χ3v) is 2.44. The lowest BCUT2D eigenvalue weighted by Crippen LogP contribution is -2.08. The van der Waals surface area contributed by atoms with E-state index in [0.29, 0.717) is 13.0 Å². The molecule has 1 rings (SSSR count). The first-order valence-electron chi connectivity index (χ1n) is 5.48. The number of hydrogen-bond acceptors (Lipinski definition) is 3. The van der Waals surface area contributed by atoms with Gasteiger partial charge in [-0.25, -0.2) is 4.79 Å². The molecule has 1 aromatic rings. The molecule has 0 radical (unpaired) electrons. The Morgan fingerprint density at radius 3 is 2.44 bits per heavy atom. The molecule has 1 aromatic heterocycles. The molecule has 3 heteroatoms. The zero-order chi connectivity index (χ0) is 12.0. The summed E-state index contributed by atoms with van der Waals surface area (Å²) in [5, 5.41) is 0. The molecule has 0 saturated heterocycles. The number of aromatic nitrogens is 1. The highest BCUT2D eigenvalue weighted by Gasteiger charge is 2.12. The van der Waals surface area contributed by atoms with Crippen LogP contribution in [-0.2, 0) is 9.53 Å². The van der Waals surface area contributed by atoms with E-state index in [-0.39, 0.29) is 5.97 Å². The predicted octanol–water partition coefficient (Wildman–Crippen LogP) is 2.83. The fourth-order valence-electron chi connectivity index (χ4n) is 1.56. The monoisotopic (exact) mass is 219 g/mol. The lowest BCUT2D eigenvalue weighted by atomic mass is 10.0. The molecule has 0 amide bonds. The Labute approximate surface area is 96.2 Å². The Morgan fingerprint density at radius 2 is 1.94 bits per heavy atom. The zero-order valence-corrected chi connectivity index (χ0v) is 9.99. The molecule has 0 spiro atoms. The molecule has 0 atom stereocenters. The highest BCUT2D eigenvalue weighted by atomic mass is 16.5. The maximum atomic E-state index is 11.7. The van der Waals surface area contributed by atoms with Crippen molar-refractivity contribution in [2.45, 2.75) is 27.2 Å². The molecular weight excluding hydrogens is 202 g/mol. The number of carbonyl (C=O) groups is 1. The van der Waals surface area contributed by atoms with Gasteiger partial charge in [-0.2, -0.15) is 0 Å². The summed E-state index contributed by atoms with van der Waals surface area (Å²) in [6.45, 7) is 6.11. The molecule has 16 heavy (non-hydrogen) atoms. The second kappa shape index (κ2) is 6.05. The molecule has 0 unspecified atom stereocenters. The highest BCUT2D eigenvalue weighted by Crippen LogP contribution is 2.20. The van der Waals surface area contributed by atoms with Gasteiger partial charge in [-0.15, -0.1) is 0 Å². The maximum Gasteiger partial charge on any atom is 0.334 e. The summed E-state index contributed by atoms with van der Waals surface area (Å²) in [5.41, 5.74) is 2.70. The number of carbonyl (C=O) groups excluding carboxylic acids is 1. The number of nitrogens with zero attached hydrogens (tertiary/aromatic N) is 1. The average molecular weight is 219 g/mol. The fourth-order valence-corrected chi connectivity index (χ4v) is 1.56. The van der Waals surface area contributed by atoms with Gasteiger partial charge >= 0.3 is 5.97 Å². The molecule has 3 nitrogen and oxygen atoms in total. The summed E-state index contributed by atoms with van der Waals surface area (Å²) < 4.78 is 5.03. The van der Waals surface area contributed by atoms with Gasteiger partial charge in [0.15, 0.2) is 0 Å². The number of rotatable bonds is 4. The predicted molar refractivity (Wildman–Crippen MR) is 63.8 cm³/mol. The third kappa shape index (κ3) is 2.92. The smallest absolute Gasteiger partial charge is 0.334 e. The zero-order valence-electron chi connectivity index (χ0n) is 9.99. The first-order chi connectivity index (χ1) is 7.70. The normalized spacial score (nSPS) is 11.9. The molecule has 0 N–H and O–H groups in total. The van der Waals surface area contributed by atoms with Gasteiger partial charge in [-0.1, -0.05) is 6.92 Å². The average Bonchev–Trinajstić information content (AvgIpc) is 2.31. The standard InChI is InChI=1S/C13H17NO2/c1-4-12(13(15)16-5-2)10(3)11-6-8-14-9-7-11/h6-9H,4-5H2,1-3H3. The van der Waals surface area contributed by atoms with Crippen molar-refractivity contribution < 1.29 is 9.53 Å². The summed E-state index contributed by atoms with van der Waals surface area (Å²) in [6.07, 6.45) is 4.11. The van der Waals surface area contributed by atoms with Gasteiger partial charge in [0.1, 0.15) is 0 Å². The van der Waals surface area contributed by atoms with Gasteiger partial charge in [0.2, 0.25) is 0 Å². The minimum absolute atomic E-state index is 0.223. The SMILES string of the molecule is CCOC(=O)C(CC)=C(C)c1ccncc1. The topological polar surface area (TPSA) is 39.2 Å². The van der Waals surface area contributed by atoms with Crippen molar-refractivity contribution in [3.05, 3.63) is 35.7 Å². The van der Waals surface area contributed by atoms with E-state index >= 15 is 0 Å². The first kappa shape index (κ1) is 12.4. The van der Waals surface area contributed by atoms with E-state index in [2.05, 4.69) is 4.98 Å². The van der Waals surface area contributed by atoms with Gasteiger partial charge in [0, 0.05) is 18.0 Å². The van der Waals surface area contributed by atoms with Crippen molar-refractivity contribution in [1.29, 1.82) is 0 Å². The van der Waals surface area contributed by atoms with E-state index in [4.69, 9.17) is 4.74 Å². The summed E-state index contributed by atoms with van der Waals surface area (Å²) in [6, 6.07) is 3.79. The lowest BCUT2D eigenvalue weighted by molar-refractivity contribution is -0.138. The molecule has 0 saturated carbocycles. The van der Waals surface area contributed by atoms with Crippen LogP contribution in [0.25, 0.3) is 5.57 Å². The van der Waals surface area contributed by atoms with E-state index in [0.717, 1.165) is 16.7 Å². The van der Waals surface area contributed by atoms with Gasteiger partial charge in [-0.3, -0.25) is 4.98 Å². The molecule has 0 aliphatic heterocycles. The van der Waals surface area contributed by atoms with Crippen LogP contribution in [0.4, 0.5) is 0 Å². The Kier molecular flexibility index (Phi) is 4.70. The Balaban J connectivity index is 3.04. The number of allylic oxidation sites excluding steroid dienone is 1. The number of esters is 1. The van der Waals surface area contributed by atoms with E-state index in [1.165, 1.54) is 0 Å². The minimum Gasteiger partial charge on any atom is -0.463 e. The fraction of sp³-hybridized carbons (Fsp3) is 0.385. The molecule has 0 bridgehead atoms. The van der Waals surface area contributed by atoms with Crippen LogP contribution < -0.4 is 0 Å². The molecular formula is C13H17NO2. The summed E-state index contributed by atoms with van der Waals surface area (Å²) >= 11 is 0. The van der Waals surface area contributed by atoms with Crippen molar-refractivity contribution in [2.75, 3.05) is 6.61 Å². The largest absolute Gasteiger partial charge is 0.463 e. The number of hydrogen-bond donors (Lipinski definition) is 0. The third-order valence-electron chi connectivity index (χ3n) is 2.44. The van der Waals surface area contributed by atoms with Crippen molar-refractivity contribution in [3.8, 4) is 0 Å². The van der Waals surface area contributed by atoms with Gasteiger partial charge < -0.3 is 4.74 Å². The Hall–Kier alpha value is -1.64. The lowest BCUT2D eigenvalue weighted by Gasteiger charge is -2.09. The van der Waals surface area contributed by atoms with Crippen molar-refractivity contribution in [2.24, 2.45) is 0 Å². The van der Waals surface area contributed by atoms with Crippen LogP contribution in [0.3, 0.4) is 0 Å². The maximum absolute atomic E-state index is 11.7. The van der Waals surface area contributed by atoms with Crippen LogP contribution in [0.15, 0.2) is 30.1 Å². The molecule has 86 valence electrons. The molecule has 0 aliphatic rings. The van der Waals surface area contributed by atoms with Crippen LogP contribution in [-0.4, -0.2) is 17.6 Å². The van der Waals surface area contributed by atoms with Crippen molar-refractivity contribution in [3.63, 3.8) is 0 Å². The minimum atomic E-state index is -0.223. The Morgan fingerprint density at radius 1 is 1.31 bits per heavy atom. The van der Waals surface area contributed by atoms with Gasteiger partial charge in [0.05, 0.1) is 6.61 Å². The second-order valence-electron chi connectivity index (χ2n) is 3.41. The van der Waals surface area contributed by atoms with Crippen LogP contribution in [0.5, 0.6) is 0 Å². The molecule has 0 aromatic carbocycles. The van der Waals surface area contributed by atoms with Gasteiger partial charge in [0.25, 0.3) is 0 Å². The van der Waals surface area contributed by atoms with Crippen molar-refractivity contribution >= 4 is 11.5 Å². The highest BCUT2D eigenvalue weighted by molar-refractivity contribution is 5.97. The number of ether oxygens (including phenoxy) is 1. The van der Waals surface area contributed by atoms with Gasteiger partial charge in [-0.05, 0) is 43.5 Å². The molecule has 0 fully saturated rings. The Bertz CT molecular complexity index is 382. The van der Waals surface area contributed by atoms with Crippen LogP contribution >= 0.6 is 0 Å². The van der Waals surface area contributed by atoms with Crippen molar-refractivity contribution in [1.82, 2.24) is 4.98 Å². The number of pyridine rings is 1. The quantitative estimate of drug-likeness (QED) is 0.577. The van der Waals surface area contributed by atoms with Crippen LogP contribution in [0.1, 0.15) is 32.8 Å². The summed E-state index contributed by atoms with van der Waals surface area (Å²) in [5.74, 6) is -0.223. The van der Waals surface area contributed by atoms with Crippen LogP contribution in [0, 0.1) is 0 Å².